The highest BCUT2D eigenvalue weighted by molar-refractivity contribution is 4.92. The highest BCUT2D eigenvalue weighted by Gasteiger charge is 2.36. The number of hydrogen-bond donors (Lipinski definition) is 1. The fourth-order valence-corrected chi connectivity index (χ4v) is 2.97. The average Bonchev–Trinajstić information content (AvgIpc) is 3.22. The normalized spacial score (nSPS) is 25.9. The maximum atomic E-state index is 5.53. The molecule has 0 amide bonds. The lowest BCUT2D eigenvalue weighted by Crippen LogP contribution is -2.52. The second-order valence-corrected chi connectivity index (χ2v) is 6.02. The summed E-state index contributed by atoms with van der Waals surface area (Å²) in [6, 6.07) is 1.57. The minimum absolute atomic E-state index is 0.738. The Morgan fingerprint density at radius 3 is 2.05 bits per heavy atom. The third kappa shape index (κ3) is 5.32. The summed E-state index contributed by atoms with van der Waals surface area (Å²) in [7, 11) is 0. The van der Waals surface area contributed by atoms with Gasteiger partial charge in [0, 0.05) is 38.4 Å². The second kappa shape index (κ2) is 8.98. The van der Waals surface area contributed by atoms with Crippen molar-refractivity contribution in [3.05, 3.63) is 0 Å². The van der Waals surface area contributed by atoms with E-state index in [1.54, 1.807) is 0 Å². The van der Waals surface area contributed by atoms with Crippen molar-refractivity contribution in [2.75, 3.05) is 46.1 Å². The molecule has 2 fully saturated rings. The molecule has 4 nitrogen and oxygen atoms in total. The van der Waals surface area contributed by atoms with E-state index >= 15 is 0 Å². The first kappa shape index (κ1) is 16.2. The third-order valence-corrected chi connectivity index (χ3v) is 4.55. The molecule has 0 aromatic carbocycles. The van der Waals surface area contributed by atoms with Gasteiger partial charge in [-0.2, -0.15) is 0 Å². The molecular formula is C16H32N2O2. The Kier molecular flexibility index (Phi) is 7.28. The van der Waals surface area contributed by atoms with E-state index in [4.69, 9.17) is 9.47 Å². The molecule has 2 aliphatic rings. The monoisotopic (exact) mass is 284 g/mol. The van der Waals surface area contributed by atoms with Crippen LogP contribution in [0.15, 0.2) is 0 Å². The van der Waals surface area contributed by atoms with E-state index < -0.39 is 0 Å². The Labute approximate surface area is 124 Å². The van der Waals surface area contributed by atoms with Gasteiger partial charge >= 0.3 is 0 Å². The molecule has 2 rings (SSSR count). The first-order valence-electron chi connectivity index (χ1n) is 8.48. The lowest BCUT2D eigenvalue weighted by atomic mass is 9.78. The molecule has 0 saturated heterocycles. The van der Waals surface area contributed by atoms with Gasteiger partial charge in [0.2, 0.25) is 0 Å². The lowest BCUT2D eigenvalue weighted by Gasteiger charge is -2.44. The summed E-state index contributed by atoms with van der Waals surface area (Å²) < 4.78 is 11.1. The predicted molar refractivity (Wildman–Crippen MR) is 82.1 cm³/mol. The molecule has 4 heteroatoms. The van der Waals surface area contributed by atoms with Crippen molar-refractivity contribution in [1.29, 1.82) is 0 Å². The average molecular weight is 284 g/mol. The van der Waals surface area contributed by atoms with Crippen molar-refractivity contribution in [2.24, 2.45) is 5.92 Å². The van der Waals surface area contributed by atoms with Gasteiger partial charge in [-0.1, -0.05) is 0 Å². The zero-order chi connectivity index (χ0) is 14.2. The van der Waals surface area contributed by atoms with Crippen LogP contribution in [0.3, 0.4) is 0 Å². The Morgan fingerprint density at radius 2 is 1.60 bits per heavy atom. The summed E-state index contributed by atoms with van der Waals surface area (Å²) in [4.78, 5) is 2.59. The molecule has 20 heavy (non-hydrogen) atoms. The van der Waals surface area contributed by atoms with E-state index in [-0.39, 0.29) is 0 Å². The number of ether oxygens (including phenoxy) is 2. The maximum absolute atomic E-state index is 5.53. The molecule has 1 N–H and O–H groups in total. The quantitative estimate of drug-likeness (QED) is 0.555. The van der Waals surface area contributed by atoms with Crippen molar-refractivity contribution in [1.82, 2.24) is 10.2 Å². The molecule has 0 aliphatic heterocycles. The molecule has 2 unspecified atom stereocenters. The smallest absolute Gasteiger partial charge is 0.0593 e. The van der Waals surface area contributed by atoms with Crippen molar-refractivity contribution >= 4 is 0 Å². The van der Waals surface area contributed by atoms with Gasteiger partial charge in [-0.3, -0.25) is 4.90 Å². The van der Waals surface area contributed by atoms with Gasteiger partial charge in [0.15, 0.2) is 0 Å². The highest BCUT2D eigenvalue weighted by atomic mass is 16.5. The van der Waals surface area contributed by atoms with Gasteiger partial charge in [-0.05, 0) is 52.0 Å². The predicted octanol–water partition coefficient (Wildman–Crippen LogP) is 1.89. The largest absolute Gasteiger partial charge is 0.380 e. The van der Waals surface area contributed by atoms with E-state index in [1.165, 1.54) is 32.2 Å². The van der Waals surface area contributed by atoms with Crippen LogP contribution in [0.4, 0.5) is 0 Å². The molecule has 0 aromatic heterocycles. The molecule has 2 saturated carbocycles. The van der Waals surface area contributed by atoms with Gasteiger partial charge < -0.3 is 14.8 Å². The van der Waals surface area contributed by atoms with Gasteiger partial charge in [0.1, 0.15) is 0 Å². The van der Waals surface area contributed by atoms with Crippen LogP contribution >= 0.6 is 0 Å². The molecule has 0 heterocycles. The minimum atomic E-state index is 0.738. The number of nitrogens with one attached hydrogen (secondary N) is 1. The Morgan fingerprint density at radius 1 is 0.950 bits per heavy atom. The number of nitrogens with zero attached hydrogens (tertiary/aromatic N) is 1. The number of rotatable bonds is 12. The van der Waals surface area contributed by atoms with Crippen LogP contribution in [0.25, 0.3) is 0 Å². The molecule has 2 atom stereocenters. The third-order valence-electron chi connectivity index (χ3n) is 4.55. The van der Waals surface area contributed by atoms with Crippen LogP contribution in [0.5, 0.6) is 0 Å². The zero-order valence-corrected chi connectivity index (χ0v) is 13.3. The maximum Gasteiger partial charge on any atom is 0.0593 e. The standard InChI is InChI=1S/C16H32N2O2/c1-3-19-11-9-18(10-12-20-4-2)16-8-5-14(16)13-17-15-6-7-15/h14-17H,3-13H2,1-2H3. The molecule has 118 valence electrons. The van der Waals surface area contributed by atoms with Crippen LogP contribution in [0, 0.1) is 5.92 Å². The Bertz CT molecular complexity index is 249. The van der Waals surface area contributed by atoms with Crippen molar-refractivity contribution in [3.63, 3.8) is 0 Å². The highest BCUT2D eigenvalue weighted by Crippen LogP contribution is 2.32. The molecular weight excluding hydrogens is 252 g/mol. The lowest BCUT2D eigenvalue weighted by molar-refractivity contribution is 0.0118. The second-order valence-electron chi connectivity index (χ2n) is 6.02. The van der Waals surface area contributed by atoms with Crippen LogP contribution in [-0.2, 0) is 9.47 Å². The molecule has 0 aromatic rings. The van der Waals surface area contributed by atoms with E-state index in [0.29, 0.717) is 0 Å². The fourth-order valence-electron chi connectivity index (χ4n) is 2.97. The summed E-state index contributed by atoms with van der Waals surface area (Å²) in [5.41, 5.74) is 0. The van der Waals surface area contributed by atoms with E-state index in [9.17, 15) is 0 Å². The van der Waals surface area contributed by atoms with Crippen LogP contribution < -0.4 is 5.32 Å². The summed E-state index contributed by atoms with van der Waals surface area (Å²) in [5, 5.41) is 3.69. The van der Waals surface area contributed by atoms with Crippen LogP contribution in [-0.4, -0.2) is 63.0 Å². The molecule has 0 spiro atoms. The Hall–Kier alpha value is -0.160. The summed E-state index contributed by atoms with van der Waals surface area (Å²) >= 11 is 0. The van der Waals surface area contributed by atoms with E-state index in [1.807, 2.05) is 0 Å². The van der Waals surface area contributed by atoms with Crippen molar-refractivity contribution in [3.8, 4) is 0 Å². The number of hydrogen-bond acceptors (Lipinski definition) is 4. The van der Waals surface area contributed by atoms with Gasteiger partial charge in [-0.25, -0.2) is 0 Å². The topological polar surface area (TPSA) is 33.7 Å². The van der Waals surface area contributed by atoms with E-state index in [2.05, 4.69) is 24.1 Å². The summed E-state index contributed by atoms with van der Waals surface area (Å²) in [5.74, 6) is 0.832. The molecule has 2 aliphatic carbocycles. The van der Waals surface area contributed by atoms with Crippen molar-refractivity contribution in [2.45, 2.75) is 51.6 Å². The zero-order valence-electron chi connectivity index (χ0n) is 13.3. The van der Waals surface area contributed by atoms with Crippen molar-refractivity contribution < 1.29 is 9.47 Å². The van der Waals surface area contributed by atoms with Gasteiger partial charge in [0.25, 0.3) is 0 Å². The van der Waals surface area contributed by atoms with E-state index in [0.717, 1.165) is 57.5 Å². The first-order chi connectivity index (χ1) is 9.85. The van der Waals surface area contributed by atoms with Crippen LogP contribution in [0.2, 0.25) is 0 Å². The Balaban J connectivity index is 1.70. The molecule has 0 radical (unpaired) electrons. The summed E-state index contributed by atoms with van der Waals surface area (Å²) in [6.45, 7) is 10.8. The fraction of sp³-hybridized carbons (Fsp3) is 1.00. The van der Waals surface area contributed by atoms with Gasteiger partial charge in [0.05, 0.1) is 13.2 Å². The van der Waals surface area contributed by atoms with Crippen LogP contribution in [0.1, 0.15) is 39.5 Å². The molecule has 0 bridgehead atoms. The minimum Gasteiger partial charge on any atom is -0.380 e. The SMILES string of the molecule is CCOCCN(CCOCC)C1CCC1CNC1CC1. The first-order valence-corrected chi connectivity index (χ1v) is 8.48. The summed E-state index contributed by atoms with van der Waals surface area (Å²) in [6.07, 6.45) is 5.49. The van der Waals surface area contributed by atoms with Gasteiger partial charge in [-0.15, -0.1) is 0 Å².